The van der Waals surface area contributed by atoms with Crippen LogP contribution < -0.4 is 5.73 Å². The number of anilines is 1. The summed E-state index contributed by atoms with van der Waals surface area (Å²) in [4.78, 5) is 4.52. The quantitative estimate of drug-likeness (QED) is 0.662. The number of benzene rings is 1. The van der Waals surface area contributed by atoms with Gasteiger partial charge in [-0.1, -0.05) is 0 Å². The third-order valence-electron chi connectivity index (χ3n) is 3.18. The molecule has 5 heteroatoms. The van der Waals surface area contributed by atoms with Gasteiger partial charge >= 0.3 is 0 Å². The van der Waals surface area contributed by atoms with E-state index in [1.54, 1.807) is 0 Å². The molecule has 3 aromatic rings. The second-order valence-electron chi connectivity index (χ2n) is 4.51. The van der Waals surface area contributed by atoms with Crippen LogP contribution in [-0.2, 0) is 7.05 Å². The summed E-state index contributed by atoms with van der Waals surface area (Å²) >= 11 is 0. The molecule has 0 spiro atoms. The summed E-state index contributed by atoms with van der Waals surface area (Å²) in [6.45, 7) is 4.00. The van der Waals surface area contributed by atoms with E-state index in [1.165, 1.54) is 0 Å². The summed E-state index contributed by atoms with van der Waals surface area (Å²) in [5.41, 5.74) is 9.55. The molecular weight excluding hydrogens is 226 g/mol. The van der Waals surface area contributed by atoms with Crippen molar-refractivity contribution < 1.29 is 0 Å². The van der Waals surface area contributed by atoms with Crippen LogP contribution in [0.1, 0.15) is 11.5 Å². The van der Waals surface area contributed by atoms with Gasteiger partial charge < -0.3 is 5.73 Å². The molecule has 0 unspecified atom stereocenters. The number of fused-ring (bicyclic) bond motifs is 1. The highest BCUT2D eigenvalue weighted by molar-refractivity contribution is 5.81. The van der Waals surface area contributed by atoms with Crippen molar-refractivity contribution in [3.05, 3.63) is 35.8 Å². The van der Waals surface area contributed by atoms with Gasteiger partial charge in [-0.3, -0.25) is 9.25 Å². The highest BCUT2D eigenvalue weighted by Crippen LogP contribution is 2.22. The van der Waals surface area contributed by atoms with Gasteiger partial charge in [0.05, 0.1) is 11.0 Å². The van der Waals surface area contributed by atoms with Crippen LogP contribution >= 0.6 is 0 Å². The maximum atomic E-state index is 5.78. The highest BCUT2D eigenvalue weighted by Gasteiger charge is 2.12. The molecule has 0 aliphatic carbocycles. The Kier molecular flexibility index (Phi) is 2.16. The number of nitrogens with two attached hydrogens (primary N) is 1. The minimum atomic E-state index is 0.726. The second-order valence-corrected chi connectivity index (χ2v) is 4.51. The molecule has 0 saturated heterocycles. The van der Waals surface area contributed by atoms with E-state index in [2.05, 4.69) is 10.1 Å². The normalized spacial score (nSPS) is 11.3. The van der Waals surface area contributed by atoms with Crippen molar-refractivity contribution in [2.45, 2.75) is 13.8 Å². The van der Waals surface area contributed by atoms with Gasteiger partial charge in [0.25, 0.3) is 0 Å². The lowest BCUT2D eigenvalue weighted by molar-refractivity contribution is 0.727. The number of hydrogen-bond acceptors (Lipinski definition) is 3. The number of nitrogens with zero attached hydrogens (tertiary/aromatic N) is 4. The lowest BCUT2D eigenvalue weighted by Gasteiger charge is -2.02. The fraction of sp³-hybridized carbons (Fsp3) is 0.231. The molecule has 0 radical (unpaired) electrons. The smallest absolute Gasteiger partial charge is 0.160 e. The van der Waals surface area contributed by atoms with Crippen LogP contribution in [0.15, 0.2) is 24.3 Å². The Balaban J connectivity index is 2.31. The molecule has 2 aromatic heterocycles. The van der Waals surface area contributed by atoms with Crippen LogP contribution in [0.4, 0.5) is 5.69 Å². The third-order valence-corrected chi connectivity index (χ3v) is 3.18. The number of aromatic nitrogens is 4. The number of imidazole rings is 1. The van der Waals surface area contributed by atoms with Crippen molar-refractivity contribution in [1.29, 1.82) is 0 Å². The number of aryl methyl sites for hydroxylation is 3. The molecule has 2 N–H and O–H groups in total. The van der Waals surface area contributed by atoms with Crippen molar-refractivity contribution >= 4 is 16.7 Å². The zero-order valence-electron chi connectivity index (χ0n) is 10.7. The Hall–Kier alpha value is -2.30. The van der Waals surface area contributed by atoms with E-state index in [0.717, 1.165) is 34.1 Å². The molecule has 5 nitrogen and oxygen atoms in total. The SMILES string of the molecule is Cc1cc(-n2c(C)nc3cc(N)ccc32)nn1C. The summed E-state index contributed by atoms with van der Waals surface area (Å²) in [5, 5.41) is 4.49. The Labute approximate surface area is 105 Å². The van der Waals surface area contributed by atoms with Crippen LogP contribution in [0.25, 0.3) is 16.9 Å². The fourth-order valence-electron chi connectivity index (χ4n) is 2.16. The van der Waals surface area contributed by atoms with E-state index in [-0.39, 0.29) is 0 Å². The number of hydrogen-bond donors (Lipinski definition) is 1. The summed E-state index contributed by atoms with van der Waals surface area (Å²) in [7, 11) is 1.94. The Morgan fingerprint density at radius 1 is 1.17 bits per heavy atom. The van der Waals surface area contributed by atoms with Crippen molar-refractivity contribution in [2.24, 2.45) is 7.05 Å². The lowest BCUT2D eigenvalue weighted by atomic mass is 10.3. The van der Waals surface area contributed by atoms with E-state index in [1.807, 2.05) is 54.4 Å². The number of nitrogen functional groups attached to an aromatic ring is 1. The summed E-state index contributed by atoms with van der Waals surface area (Å²) in [6, 6.07) is 7.80. The molecule has 1 aromatic carbocycles. The maximum absolute atomic E-state index is 5.78. The Morgan fingerprint density at radius 2 is 1.94 bits per heavy atom. The predicted molar refractivity (Wildman–Crippen MR) is 71.7 cm³/mol. The van der Waals surface area contributed by atoms with Gasteiger partial charge in [-0.25, -0.2) is 4.98 Å². The monoisotopic (exact) mass is 241 g/mol. The molecule has 3 rings (SSSR count). The van der Waals surface area contributed by atoms with Gasteiger partial charge in [-0.15, -0.1) is 0 Å². The van der Waals surface area contributed by atoms with Gasteiger partial charge in [0.15, 0.2) is 5.82 Å². The molecule has 2 heterocycles. The Morgan fingerprint density at radius 3 is 2.61 bits per heavy atom. The van der Waals surface area contributed by atoms with E-state index in [9.17, 15) is 0 Å². The van der Waals surface area contributed by atoms with Gasteiger partial charge in [-0.05, 0) is 32.0 Å². The first-order valence-corrected chi connectivity index (χ1v) is 5.82. The first kappa shape index (κ1) is 10.8. The maximum Gasteiger partial charge on any atom is 0.160 e. The van der Waals surface area contributed by atoms with Crippen LogP contribution in [0, 0.1) is 13.8 Å². The molecule has 0 amide bonds. The first-order chi connectivity index (χ1) is 8.56. The summed E-state index contributed by atoms with van der Waals surface area (Å²) in [6.07, 6.45) is 0. The van der Waals surface area contributed by atoms with Gasteiger partial charge in [0.1, 0.15) is 5.82 Å². The zero-order valence-corrected chi connectivity index (χ0v) is 10.7. The highest BCUT2D eigenvalue weighted by atomic mass is 15.3. The van der Waals surface area contributed by atoms with Crippen molar-refractivity contribution in [3.8, 4) is 5.82 Å². The fourth-order valence-corrected chi connectivity index (χ4v) is 2.16. The van der Waals surface area contributed by atoms with Gasteiger partial charge in [0, 0.05) is 24.5 Å². The van der Waals surface area contributed by atoms with Crippen molar-refractivity contribution in [1.82, 2.24) is 19.3 Å². The average Bonchev–Trinajstić information content (AvgIpc) is 2.78. The van der Waals surface area contributed by atoms with Crippen LogP contribution in [0.2, 0.25) is 0 Å². The first-order valence-electron chi connectivity index (χ1n) is 5.82. The van der Waals surface area contributed by atoms with Crippen LogP contribution in [0.5, 0.6) is 0 Å². The number of rotatable bonds is 1. The van der Waals surface area contributed by atoms with Crippen LogP contribution in [-0.4, -0.2) is 19.3 Å². The summed E-state index contributed by atoms with van der Waals surface area (Å²) < 4.78 is 3.90. The predicted octanol–water partition coefficient (Wildman–Crippen LogP) is 1.96. The Bertz CT molecular complexity index is 716. The largest absolute Gasteiger partial charge is 0.399 e. The standard InChI is InChI=1S/C13H15N5/c1-8-6-13(16-17(8)3)18-9(2)15-11-7-10(14)4-5-12(11)18/h4-7H,14H2,1-3H3. The molecule has 0 saturated carbocycles. The molecular formula is C13H15N5. The van der Waals surface area contributed by atoms with E-state index >= 15 is 0 Å². The van der Waals surface area contributed by atoms with Gasteiger partial charge in [0.2, 0.25) is 0 Å². The second kappa shape index (κ2) is 3.60. The summed E-state index contributed by atoms with van der Waals surface area (Å²) in [5.74, 6) is 1.80. The molecule has 18 heavy (non-hydrogen) atoms. The lowest BCUT2D eigenvalue weighted by Crippen LogP contribution is -1.99. The van der Waals surface area contributed by atoms with Crippen molar-refractivity contribution in [2.75, 3.05) is 5.73 Å². The molecule has 0 atom stereocenters. The molecule has 92 valence electrons. The van der Waals surface area contributed by atoms with E-state index in [0.29, 0.717) is 0 Å². The average molecular weight is 241 g/mol. The van der Waals surface area contributed by atoms with Crippen molar-refractivity contribution in [3.63, 3.8) is 0 Å². The molecule has 0 fully saturated rings. The van der Waals surface area contributed by atoms with E-state index in [4.69, 9.17) is 5.73 Å². The minimum Gasteiger partial charge on any atom is -0.399 e. The molecule has 0 aliphatic rings. The third kappa shape index (κ3) is 1.48. The molecule has 0 aliphatic heterocycles. The zero-order chi connectivity index (χ0) is 12.9. The van der Waals surface area contributed by atoms with Gasteiger partial charge in [-0.2, -0.15) is 5.10 Å². The topological polar surface area (TPSA) is 61.7 Å². The minimum absolute atomic E-state index is 0.726. The van der Waals surface area contributed by atoms with Crippen LogP contribution in [0.3, 0.4) is 0 Å². The van der Waals surface area contributed by atoms with E-state index < -0.39 is 0 Å². The molecule has 0 bridgehead atoms.